The van der Waals surface area contributed by atoms with Gasteiger partial charge < -0.3 is 10.2 Å². The van der Waals surface area contributed by atoms with E-state index in [4.69, 9.17) is 0 Å². The Morgan fingerprint density at radius 1 is 1.39 bits per heavy atom. The molecule has 0 amide bonds. The fourth-order valence-electron chi connectivity index (χ4n) is 1.62. The van der Waals surface area contributed by atoms with Crippen LogP contribution in [0.25, 0.3) is 0 Å². The van der Waals surface area contributed by atoms with Gasteiger partial charge in [0.1, 0.15) is 5.82 Å². The van der Waals surface area contributed by atoms with Gasteiger partial charge in [0.15, 0.2) is 0 Å². The van der Waals surface area contributed by atoms with Crippen molar-refractivity contribution < 1.29 is 0 Å². The van der Waals surface area contributed by atoms with Crippen molar-refractivity contribution in [3.63, 3.8) is 0 Å². The summed E-state index contributed by atoms with van der Waals surface area (Å²) in [6.45, 7) is 14.1. The molecule has 0 unspecified atom stereocenters. The van der Waals surface area contributed by atoms with E-state index in [1.165, 1.54) is 0 Å². The molecule has 0 aliphatic heterocycles. The summed E-state index contributed by atoms with van der Waals surface area (Å²) in [5.41, 5.74) is 2.31. The van der Waals surface area contributed by atoms with E-state index < -0.39 is 0 Å². The van der Waals surface area contributed by atoms with Gasteiger partial charge in [-0.25, -0.2) is 4.98 Å². The van der Waals surface area contributed by atoms with E-state index in [1.54, 1.807) is 0 Å². The van der Waals surface area contributed by atoms with Crippen molar-refractivity contribution in [1.82, 2.24) is 10.3 Å². The molecule has 0 saturated carbocycles. The average molecular weight is 247 g/mol. The van der Waals surface area contributed by atoms with Crippen LogP contribution in [0.1, 0.15) is 33.4 Å². The third-order valence-corrected chi connectivity index (χ3v) is 2.49. The lowest BCUT2D eigenvalue weighted by Crippen LogP contribution is -2.35. The second-order valence-electron chi connectivity index (χ2n) is 5.90. The van der Waals surface area contributed by atoms with Gasteiger partial charge in [-0.2, -0.15) is 0 Å². The van der Waals surface area contributed by atoms with E-state index in [0.29, 0.717) is 0 Å². The number of pyridine rings is 1. The van der Waals surface area contributed by atoms with E-state index in [0.717, 1.165) is 30.2 Å². The van der Waals surface area contributed by atoms with Crippen LogP contribution >= 0.6 is 0 Å². The summed E-state index contributed by atoms with van der Waals surface area (Å²) >= 11 is 0. The van der Waals surface area contributed by atoms with Crippen LogP contribution in [0.15, 0.2) is 30.4 Å². The van der Waals surface area contributed by atoms with Crippen molar-refractivity contribution in [3.8, 4) is 0 Å². The predicted octanol–water partition coefficient (Wildman–Crippen LogP) is 2.98. The molecule has 1 heterocycles. The molecule has 0 fully saturated rings. The minimum absolute atomic E-state index is 0.112. The SMILES string of the molecule is C=C(C)CN(C)c1cccc(CNC(C)(C)C)n1. The first kappa shape index (κ1) is 14.7. The Morgan fingerprint density at radius 3 is 2.61 bits per heavy atom. The van der Waals surface area contributed by atoms with Crippen molar-refractivity contribution in [1.29, 1.82) is 0 Å². The lowest BCUT2D eigenvalue weighted by atomic mass is 10.1. The highest BCUT2D eigenvalue weighted by molar-refractivity contribution is 5.39. The zero-order valence-electron chi connectivity index (χ0n) is 12.2. The highest BCUT2D eigenvalue weighted by atomic mass is 15.2. The molecule has 0 aromatic carbocycles. The second kappa shape index (κ2) is 6.01. The second-order valence-corrected chi connectivity index (χ2v) is 5.90. The van der Waals surface area contributed by atoms with Crippen molar-refractivity contribution in [3.05, 3.63) is 36.0 Å². The highest BCUT2D eigenvalue weighted by Crippen LogP contribution is 2.11. The molecule has 1 rings (SSSR count). The van der Waals surface area contributed by atoms with E-state index in [2.05, 4.69) is 54.7 Å². The lowest BCUT2D eigenvalue weighted by molar-refractivity contribution is 0.421. The number of anilines is 1. The molecule has 3 nitrogen and oxygen atoms in total. The number of aromatic nitrogens is 1. The fraction of sp³-hybridized carbons (Fsp3) is 0.533. The van der Waals surface area contributed by atoms with Gasteiger partial charge >= 0.3 is 0 Å². The Morgan fingerprint density at radius 2 is 2.06 bits per heavy atom. The molecule has 0 aliphatic carbocycles. The molecule has 18 heavy (non-hydrogen) atoms. The number of hydrogen-bond donors (Lipinski definition) is 1. The molecule has 0 spiro atoms. The third-order valence-electron chi connectivity index (χ3n) is 2.49. The molecule has 0 bridgehead atoms. The van der Waals surface area contributed by atoms with Gasteiger partial charge in [0.2, 0.25) is 0 Å². The Kier molecular flexibility index (Phi) is 4.91. The van der Waals surface area contributed by atoms with Crippen LogP contribution < -0.4 is 10.2 Å². The van der Waals surface area contributed by atoms with E-state index in [1.807, 2.05) is 20.0 Å². The Labute approximate surface area is 111 Å². The minimum Gasteiger partial charge on any atom is -0.356 e. The predicted molar refractivity (Wildman–Crippen MR) is 78.9 cm³/mol. The largest absolute Gasteiger partial charge is 0.356 e. The number of nitrogens with zero attached hydrogens (tertiary/aromatic N) is 2. The summed E-state index contributed by atoms with van der Waals surface area (Å²) < 4.78 is 0. The van der Waals surface area contributed by atoms with E-state index in [9.17, 15) is 0 Å². The normalized spacial score (nSPS) is 11.4. The molecule has 3 heteroatoms. The summed E-state index contributed by atoms with van der Waals surface area (Å²) in [5, 5.41) is 3.45. The van der Waals surface area contributed by atoms with Gasteiger partial charge in [-0.3, -0.25) is 0 Å². The van der Waals surface area contributed by atoms with Crippen LogP contribution in [0, 0.1) is 0 Å². The molecule has 100 valence electrons. The molecular formula is C15H25N3. The Bertz CT molecular complexity index is 404. The monoisotopic (exact) mass is 247 g/mol. The summed E-state index contributed by atoms with van der Waals surface area (Å²) in [7, 11) is 2.04. The summed E-state index contributed by atoms with van der Waals surface area (Å²) in [6.07, 6.45) is 0. The first-order valence-electron chi connectivity index (χ1n) is 6.34. The molecular weight excluding hydrogens is 222 g/mol. The van der Waals surface area contributed by atoms with Crippen LogP contribution in [0.5, 0.6) is 0 Å². The van der Waals surface area contributed by atoms with Gasteiger partial charge in [-0.1, -0.05) is 18.2 Å². The van der Waals surface area contributed by atoms with Crippen LogP contribution in [-0.2, 0) is 6.54 Å². The zero-order valence-corrected chi connectivity index (χ0v) is 12.2. The molecule has 1 aromatic heterocycles. The molecule has 1 aromatic rings. The number of rotatable bonds is 5. The average Bonchev–Trinajstić information content (AvgIpc) is 2.25. The maximum Gasteiger partial charge on any atom is 0.128 e. The first-order valence-corrected chi connectivity index (χ1v) is 6.34. The van der Waals surface area contributed by atoms with Crippen molar-refractivity contribution in [2.24, 2.45) is 0 Å². The van der Waals surface area contributed by atoms with E-state index in [-0.39, 0.29) is 5.54 Å². The van der Waals surface area contributed by atoms with Crippen LogP contribution in [0.2, 0.25) is 0 Å². The fourth-order valence-corrected chi connectivity index (χ4v) is 1.62. The van der Waals surface area contributed by atoms with Gasteiger partial charge in [0, 0.05) is 25.7 Å². The van der Waals surface area contributed by atoms with Crippen molar-refractivity contribution >= 4 is 5.82 Å². The molecule has 0 saturated heterocycles. The van der Waals surface area contributed by atoms with E-state index >= 15 is 0 Å². The molecule has 1 N–H and O–H groups in total. The van der Waals surface area contributed by atoms with Gasteiger partial charge in [0.05, 0.1) is 5.69 Å². The van der Waals surface area contributed by atoms with Crippen LogP contribution in [0.3, 0.4) is 0 Å². The minimum atomic E-state index is 0.112. The van der Waals surface area contributed by atoms with Crippen LogP contribution in [-0.4, -0.2) is 24.1 Å². The summed E-state index contributed by atoms with van der Waals surface area (Å²) in [6, 6.07) is 6.14. The van der Waals surface area contributed by atoms with Gasteiger partial charge in [-0.05, 0) is 39.8 Å². The maximum absolute atomic E-state index is 4.65. The summed E-state index contributed by atoms with van der Waals surface area (Å²) in [5.74, 6) is 0.992. The Balaban J connectivity index is 2.70. The number of hydrogen-bond acceptors (Lipinski definition) is 3. The van der Waals surface area contributed by atoms with Gasteiger partial charge in [0.25, 0.3) is 0 Å². The van der Waals surface area contributed by atoms with Gasteiger partial charge in [-0.15, -0.1) is 0 Å². The first-order chi connectivity index (χ1) is 8.28. The van der Waals surface area contributed by atoms with Crippen molar-refractivity contribution in [2.75, 3.05) is 18.5 Å². The summed E-state index contributed by atoms with van der Waals surface area (Å²) in [4.78, 5) is 6.77. The number of likely N-dealkylation sites (N-methyl/N-ethyl adjacent to an activating group) is 1. The molecule has 0 atom stereocenters. The number of nitrogens with one attached hydrogen (secondary N) is 1. The zero-order chi connectivity index (χ0) is 13.8. The quantitative estimate of drug-likeness (QED) is 0.811. The maximum atomic E-state index is 4.65. The van der Waals surface area contributed by atoms with Crippen LogP contribution in [0.4, 0.5) is 5.82 Å². The topological polar surface area (TPSA) is 28.2 Å². The highest BCUT2D eigenvalue weighted by Gasteiger charge is 2.09. The standard InChI is InChI=1S/C15H25N3/c1-12(2)11-18(6)14-9-7-8-13(17-14)10-16-15(3,4)5/h7-9,16H,1,10-11H2,2-6H3. The smallest absolute Gasteiger partial charge is 0.128 e. The lowest BCUT2D eigenvalue weighted by Gasteiger charge is -2.22. The third kappa shape index (κ3) is 5.32. The van der Waals surface area contributed by atoms with Crippen molar-refractivity contribution in [2.45, 2.75) is 39.8 Å². The Hall–Kier alpha value is -1.35. The molecule has 0 radical (unpaired) electrons. The molecule has 0 aliphatic rings.